The van der Waals surface area contributed by atoms with Gasteiger partial charge in [0, 0.05) is 52.7 Å². The van der Waals surface area contributed by atoms with Crippen molar-refractivity contribution in [3.05, 3.63) is 0 Å². The van der Waals surface area contributed by atoms with Gasteiger partial charge in [0.1, 0.15) is 0 Å². The van der Waals surface area contributed by atoms with Crippen molar-refractivity contribution in [3.63, 3.8) is 0 Å². The van der Waals surface area contributed by atoms with Crippen molar-refractivity contribution in [3.8, 4) is 0 Å². The molecule has 0 aliphatic carbocycles. The fourth-order valence-corrected chi connectivity index (χ4v) is 3.45. The molecule has 2 aliphatic rings. The lowest BCUT2D eigenvalue weighted by atomic mass is 9.97. The number of carbonyl (C=O) groups is 1. The van der Waals surface area contributed by atoms with Gasteiger partial charge in [0.15, 0.2) is 0 Å². The van der Waals surface area contributed by atoms with Crippen LogP contribution in [0.1, 0.15) is 12.8 Å². The van der Waals surface area contributed by atoms with Gasteiger partial charge in [0.25, 0.3) is 10.2 Å². The Kier molecular flexibility index (Phi) is 4.44. The minimum absolute atomic E-state index is 0.218. The predicted molar refractivity (Wildman–Crippen MR) is 71.5 cm³/mol. The molecule has 1 unspecified atom stereocenters. The van der Waals surface area contributed by atoms with E-state index in [4.69, 9.17) is 5.14 Å². The standard InChI is InChI=1S/C11H22N4O3S/c1-13-8-10(2-3-11(13)16)9-14-4-6-15(7-5-14)19(12,17)18/h10H,2-9H2,1H3,(H2,12,17,18). The first kappa shape index (κ1) is 14.7. The van der Waals surface area contributed by atoms with Gasteiger partial charge in [0.2, 0.25) is 5.91 Å². The van der Waals surface area contributed by atoms with Gasteiger partial charge < -0.3 is 9.80 Å². The van der Waals surface area contributed by atoms with Crippen molar-refractivity contribution in [1.82, 2.24) is 14.1 Å². The average molecular weight is 290 g/mol. The van der Waals surface area contributed by atoms with Gasteiger partial charge in [-0.15, -0.1) is 0 Å². The highest BCUT2D eigenvalue weighted by atomic mass is 32.2. The van der Waals surface area contributed by atoms with E-state index < -0.39 is 10.2 Å². The van der Waals surface area contributed by atoms with E-state index in [-0.39, 0.29) is 5.91 Å². The number of nitrogens with zero attached hydrogens (tertiary/aromatic N) is 3. The molecule has 0 aromatic heterocycles. The fourth-order valence-electron chi connectivity index (χ4n) is 2.78. The molecular weight excluding hydrogens is 268 g/mol. The van der Waals surface area contributed by atoms with E-state index in [0.29, 0.717) is 38.5 Å². The summed E-state index contributed by atoms with van der Waals surface area (Å²) in [5, 5.41) is 5.11. The molecule has 2 saturated heterocycles. The Morgan fingerprint density at radius 3 is 2.42 bits per heavy atom. The Labute approximate surface area is 114 Å². The monoisotopic (exact) mass is 290 g/mol. The number of hydrogen-bond acceptors (Lipinski definition) is 4. The first-order chi connectivity index (χ1) is 8.86. The largest absolute Gasteiger partial charge is 0.345 e. The van der Waals surface area contributed by atoms with E-state index in [2.05, 4.69) is 4.90 Å². The second kappa shape index (κ2) is 5.74. The van der Waals surface area contributed by atoms with E-state index in [9.17, 15) is 13.2 Å². The summed E-state index contributed by atoms with van der Waals surface area (Å²) < 4.78 is 23.7. The van der Waals surface area contributed by atoms with Gasteiger partial charge in [0.05, 0.1) is 0 Å². The van der Waals surface area contributed by atoms with Crippen molar-refractivity contribution in [2.45, 2.75) is 12.8 Å². The first-order valence-corrected chi connectivity index (χ1v) is 8.11. The average Bonchev–Trinajstić information content (AvgIpc) is 2.33. The molecular formula is C11H22N4O3S. The van der Waals surface area contributed by atoms with Crippen LogP contribution in [0, 0.1) is 5.92 Å². The Morgan fingerprint density at radius 2 is 1.89 bits per heavy atom. The molecule has 110 valence electrons. The summed E-state index contributed by atoms with van der Waals surface area (Å²) in [4.78, 5) is 15.5. The zero-order chi connectivity index (χ0) is 14.0. The molecule has 0 aromatic rings. The molecule has 2 rings (SSSR count). The summed E-state index contributed by atoms with van der Waals surface area (Å²) in [5.41, 5.74) is 0. The highest BCUT2D eigenvalue weighted by Gasteiger charge is 2.28. The summed E-state index contributed by atoms with van der Waals surface area (Å²) in [6.07, 6.45) is 1.55. The minimum Gasteiger partial charge on any atom is -0.345 e. The van der Waals surface area contributed by atoms with Crippen LogP contribution in [0.15, 0.2) is 0 Å². The number of amides is 1. The van der Waals surface area contributed by atoms with E-state index in [0.717, 1.165) is 19.5 Å². The normalized spacial score (nSPS) is 27.8. The van der Waals surface area contributed by atoms with Crippen molar-refractivity contribution < 1.29 is 13.2 Å². The molecule has 2 N–H and O–H groups in total. The number of piperazine rings is 1. The number of piperidine rings is 1. The maximum atomic E-state index is 11.4. The number of likely N-dealkylation sites (tertiary alicyclic amines) is 1. The summed E-state index contributed by atoms with van der Waals surface area (Å²) in [6, 6.07) is 0. The fraction of sp³-hybridized carbons (Fsp3) is 0.909. The molecule has 2 heterocycles. The Bertz CT molecular complexity index is 431. The van der Waals surface area contributed by atoms with Crippen LogP contribution in [0.2, 0.25) is 0 Å². The van der Waals surface area contributed by atoms with Crippen LogP contribution < -0.4 is 5.14 Å². The van der Waals surface area contributed by atoms with Crippen LogP contribution in [0.3, 0.4) is 0 Å². The molecule has 2 fully saturated rings. The van der Waals surface area contributed by atoms with Crippen LogP contribution in [-0.4, -0.2) is 74.7 Å². The summed E-state index contributed by atoms with van der Waals surface area (Å²) in [6.45, 7) is 4.07. The molecule has 1 amide bonds. The Balaban J connectivity index is 1.78. The number of hydrogen-bond donors (Lipinski definition) is 1. The Hall–Kier alpha value is -0.700. The molecule has 7 nitrogen and oxygen atoms in total. The van der Waals surface area contributed by atoms with Crippen LogP contribution >= 0.6 is 0 Å². The molecule has 0 saturated carbocycles. The highest BCUT2D eigenvalue weighted by molar-refractivity contribution is 7.86. The molecule has 19 heavy (non-hydrogen) atoms. The van der Waals surface area contributed by atoms with Crippen molar-refractivity contribution in [2.24, 2.45) is 11.1 Å². The quantitative estimate of drug-likeness (QED) is 0.698. The molecule has 1 atom stereocenters. The summed E-state index contributed by atoms with van der Waals surface area (Å²) in [7, 11) is -1.70. The van der Waals surface area contributed by atoms with Crippen molar-refractivity contribution >= 4 is 16.1 Å². The lowest BCUT2D eigenvalue weighted by Gasteiger charge is -2.37. The molecule has 0 bridgehead atoms. The van der Waals surface area contributed by atoms with Crippen LogP contribution in [0.4, 0.5) is 0 Å². The van der Waals surface area contributed by atoms with E-state index in [1.54, 1.807) is 4.90 Å². The molecule has 8 heteroatoms. The topological polar surface area (TPSA) is 86.9 Å². The number of carbonyl (C=O) groups excluding carboxylic acids is 1. The van der Waals surface area contributed by atoms with Gasteiger partial charge in [-0.05, 0) is 12.3 Å². The SMILES string of the molecule is CN1CC(CN2CCN(S(N)(=O)=O)CC2)CCC1=O. The molecule has 0 spiro atoms. The lowest BCUT2D eigenvalue weighted by molar-refractivity contribution is -0.133. The van der Waals surface area contributed by atoms with Gasteiger partial charge in [-0.2, -0.15) is 12.7 Å². The smallest absolute Gasteiger partial charge is 0.276 e. The summed E-state index contributed by atoms with van der Waals surface area (Å²) >= 11 is 0. The maximum Gasteiger partial charge on any atom is 0.276 e. The summed E-state index contributed by atoms with van der Waals surface area (Å²) in [5.74, 6) is 0.707. The second-order valence-electron chi connectivity index (χ2n) is 5.42. The maximum absolute atomic E-state index is 11.4. The third-order valence-electron chi connectivity index (χ3n) is 3.93. The molecule has 2 aliphatic heterocycles. The highest BCUT2D eigenvalue weighted by Crippen LogP contribution is 2.18. The third-order valence-corrected chi connectivity index (χ3v) is 5.02. The lowest BCUT2D eigenvalue weighted by Crippen LogP contribution is -2.52. The van der Waals surface area contributed by atoms with Crippen LogP contribution in [0.25, 0.3) is 0 Å². The zero-order valence-electron chi connectivity index (χ0n) is 11.3. The van der Waals surface area contributed by atoms with Gasteiger partial charge in [-0.1, -0.05) is 0 Å². The third kappa shape index (κ3) is 3.88. The van der Waals surface area contributed by atoms with Gasteiger partial charge >= 0.3 is 0 Å². The number of nitrogens with two attached hydrogens (primary N) is 1. The van der Waals surface area contributed by atoms with E-state index >= 15 is 0 Å². The van der Waals surface area contributed by atoms with Crippen LogP contribution in [-0.2, 0) is 15.0 Å². The zero-order valence-corrected chi connectivity index (χ0v) is 12.1. The number of rotatable bonds is 3. The van der Waals surface area contributed by atoms with Gasteiger partial charge in [-0.3, -0.25) is 4.79 Å². The van der Waals surface area contributed by atoms with Crippen molar-refractivity contribution in [1.29, 1.82) is 0 Å². The first-order valence-electron chi connectivity index (χ1n) is 6.60. The van der Waals surface area contributed by atoms with Gasteiger partial charge in [-0.25, -0.2) is 5.14 Å². The second-order valence-corrected chi connectivity index (χ2v) is 6.97. The Morgan fingerprint density at radius 1 is 1.26 bits per heavy atom. The predicted octanol–water partition coefficient (Wildman–Crippen LogP) is -1.32. The molecule has 0 radical (unpaired) electrons. The van der Waals surface area contributed by atoms with E-state index in [1.807, 2.05) is 7.05 Å². The molecule has 0 aromatic carbocycles. The van der Waals surface area contributed by atoms with Crippen molar-refractivity contribution in [2.75, 3.05) is 46.3 Å². The van der Waals surface area contributed by atoms with Crippen LogP contribution in [0.5, 0.6) is 0 Å². The minimum atomic E-state index is -3.54. The van der Waals surface area contributed by atoms with E-state index in [1.165, 1.54) is 4.31 Å².